The van der Waals surface area contributed by atoms with Crippen molar-refractivity contribution in [2.45, 2.75) is 38.5 Å². The first-order chi connectivity index (χ1) is 14.0. The SMILES string of the molecule is CC1(C)[C@H]2CC[C@]1(C)C(=O)N(c1cccc(S(=O)(=O)Nc3ccc(I)cc3)c1)C2=O. The molecule has 0 aromatic heterocycles. The van der Waals surface area contributed by atoms with Gasteiger partial charge in [0.25, 0.3) is 10.0 Å². The lowest BCUT2D eigenvalue weighted by molar-refractivity contribution is -0.146. The van der Waals surface area contributed by atoms with Gasteiger partial charge in [-0.3, -0.25) is 14.3 Å². The number of carbonyl (C=O) groups is 2. The summed E-state index contributed by atoms with van der Waals surface area (Å²) in [5, 5.41) is 0. The number of carbonyl (C=O) groups excluding carboxylic acids is 2. The van der Waals surface area contributed by atoms with Crippen LogP contribution < -0.4 is 9.62 Å². The molecule has 1 N–H and O–H groups in total. The molecule has 6 nitrogen and oxygen atoms in total. The number of amides is 2. The number of piperidine rings is 1. The predicted molar refractivity (Wildman–Crippen MR) is 124 cm³/mol. The number of nitrogens with zero attached hydrogens (tertiary/aromatic N) is 1. The second kappa shape index (κ2) is 7.05. The molecular formula is C22H23IN2O4S. The summed E-state index contributed by atoms with van der Waals surface area (Å²) in [7, 11) is -3.87. The largest absolute Gasteiger partial charge is 0.280 e. The van der Waals surface area contributed by atoms with Gasteiger partial charge >= 0.3 is 0 Å². The summed E-state index contributed by atoms with van der Waals surface area (Å²) < 4.78 is 29.3. The highest BCUT2D eigenvalue weighted by atomic mass is 127. The molecule has 30 heavy (non-hydrogen) atoms. The smallest absolute Gasteiger partial charge is 0.261 e. The lowest BCUT2D eigenvalue weighted by Gasteiger charge is -2.47. The van der Waals surface area contributed by atoms with Crippen LogP contribution in [-0.2, 0) is 19.6 Å². The monoisotopic (exact) mass is 538 g/mol. The molecule has 2 amide bonds. The first kappa shape index (κ1) is 21.3. The van der Waals surface area contributed by atoms with Crippen molar-refractivity contribution in [2.24, 2.45) is 16.7 Å². The quantitative estimate of drug-likeness (QED) is 0.462. The van der Waals surface area contributed by atoms with Gasteiger partial charge in [-0.1, -0.05) is 26.8 Å². The molecule has 0 unspecified atom stereocenters. The van der Waals surface area contributed by atoms with Crippen molar-refractivity contribution in [3.63, 3.8) is 0 Å². The van der Waals surface area contributed by atoms with E-state index in [0.29, 0.717) is 24.2 Å². The lowest BCUT2D eigenvalue weighted by atomic mass is 9.62. The van der Waals surface area contributed by atoms with Crippen molar-refractivity contribution in [1.82, 2.24) is 0 Å². The fourth-order valence-electron chi connectivity index (χ4n) is 4.58. The van der Waals surface area contributed by atoms with Crippen LogP contribution in [0.15, 0.2) is 53.4 Å². The van der Waals surface area contributed by atoms with Gasteiger partial charge in [0.05, 0.1) is 16.0 Å². The first-order valence-electron chi connectivity index (χ1n) is 9.74. The number of nitrogens with one attached hydrogen (secondary N) is 1. The third-order valence-electron chi connectivity index (χ3n) is 6.90. The van der Waals surface area contributed by atoms with Gasteiger partial charge in [-0.25, -0.2) is 13.3 Å². The molecule has 0 spiro atoms. The number of fused-ring (bicyclic) bond motifs is 2. The second-order valence-corrected chi connectivity index (χ2v) is 11.7. The number of hydrogen-bond acceptors (Lipinski definition) is 4. The van der Waals surface area contributed by atoms with E-state index >= 15 is 0 Å². The van der Waals surface area contributed by atoms with Gasteiger partial charge < -0.3 is 0 Å². The molecule has 2 fully saturated rings. The summed E-state index contributed by atoms with van der Waals surface area (Å²) >= 11 is 2.14. The van der Waals surface area contributed by atoms with Gasteiger partial charge in [-0.15, -0.1) is 0 Å². The first-order valence-corrected chi connectivity index (χ1v) is 12.3. The standard InChI is InChI=1S/C22H23IN2O4S/c1-21(2)18-11-12-22(21,3)20(27)25(19(18)26)16-5-4-6-17(13-16)30(28,29)24-15-9-7-14(23)8-10-15/h4-10,13,18,24H,11-12H2,1-3H3/t18-,22+/m0/s1. The Morgan fingerprint density at radius 2 is 1.73 bits per heavy atom. The van der Waals surface area contributed by atoms with E-state index in [1.165, 1.54) is 17.0 Å². The lowest BCUT2D eigenvalue weighted by Crippen LogP contribution is -2.59. The summed E-state index contributed by atoms with van der Waals surface area (Å²) in [5.74, 6) is -0.767. The maximum atomic E-state index is 13.4. The van der Waals surface area contributed by atoms with Crippen LogP contribution in [0.25, 0.3) is 0 Å². The Kier molecular flexibility index (Phi) is 5.00. The van der Waals surface area contributed by atoms with E-state index in [1.807, 2.05) is 20.8 Å². The topological polar surface area (TPSA) is 83.6 Å². The van der Waals surface area contributed by atoms with E-state index < -0.39 is 20.9 Å². The Bertz CT molecular complexity index is 1140. The Hall–Kier alpha value is -1.94. The fourth-order valence-corrected chi connectivity index (χ4v) is 6.04. The molecule has 1 aliphatic heterocycles. The van der Waals surface area contributed by atoms with E-state index in [2.05, 4.69) is 27.3 Å². The van der Waals surface area contributed by atoms with Crippen LogP contribution in [0.4, 0.5) is 11.4 Å². The number of anilines is 2. The van der Waals surface area contributed by atoms with Crippen LogP contribution in [0.5, 0.6) is 0 Å². The van der Waals surface area contributed by atoms with Crippen molar-refractivity contribution in [3.05, 3.63) is 52.1 Å². The van der Waals surface area contributed by atoms with E-state index in [0.717, 1.165) is 3.57 Å². The van der Waals surface area contributed by atoms with E-state index in [1.54, 1.807) is 36.4 Å². The average Bonchev–Trinajstić information content (AvgIpc) is 2.87. The number of sulfonamides is 1. The summed E-state index contributed by atoms with van der Waals surface area (Å²) in [6.07, 6.45) is 1.31. The van der Waals surface area contributed by atoms with Crippen LogP contribution in [0.1, 0.15) is 33.6 Å². The van der Waals surface area contributed by atoms with Crippen LogP contribution >= 0.6 is 22.6 Å². The predicted octanol–water partition coefficient (Wildman–Crippen LogP) is 4.41. The summed E-state index contributed by atoms with van der Waals surface area (Å²) in [4.78, 5) is 27.7. The maximum absolute atomic E-state index is 13.4. The van der Waals surface area contributed by atoms with Gasteiger partial charge in [0.2, 0.25) is 11.8 Å². The van der Waals surface area contributed by atoms with E-state index in [-0.39, 0.29) is 22.6 Å². The fraction of sp³-hybridized carbons (Fsp3) is 0.364. The molecule has 4 rings (SSSR count). The Morgan fingerprint density at radius 1 is 1.07 bits per heavy atom. The van der Waals surface area contributed by atoms with Gasteiger partial charge in [0.1, 0.15) is 0 Å². The summed E-state index contributed by atoms with van der Waals surface area (Å²) in [5.41, 5.74) is -0.337. The van der Waals surface area contributed by atoms with Gasteiger partial charge in [-0.2, -0.15) is 0 Å². The van der Waals surface area contributed by atoms with Crippen molar-refractivity contribution < 1.29 is 18.0 Å². The van der Waals surface area contributed by atoms with E-state index in [9.17, 15) is 18.0 Å². The zero-order valence-electron chi connectivity index (χ0n) is 17.0. The molecule has 2 aromatic carbocycles. The normalized spacial score (nSPS) is 25.5. The minimum Gasteiger partial charge on any atom is -0.280 e. The molecule has 1 saturated carbocycles. The number of benzene rings is 2. The van der Waals surface area contributed by atoms with Gasteiger partial charge in [0.15, 0.2) is 0 Å². The zero-order valence-corrected chi connectivity index (χ0v) is 20.0. The molecule has 2 aromatic rings. The molecule has 0 radical (unpaired) electrons. The Morgan fingerprint density at radius 3 is 2.40 bits per heavy atom. The number of hydrogen-bond donors (Lipinski definition) is 1. The third kappa shape index (κ3) is 3.15. The minimum atomic E-state index is -3.87. The molecule has 1 aliphatic carbocycles. The Labute approximate surface area is 190 Å². The van der Waals surface area contributed by atoms with Crippen LogP contribution in [0.3, 0.4) is 0 Å². The molecule has 8 heteroatoms. The highest BCUT2D eigenvalue weighted by molar-refractivity contribution is 14.1. The third-order valence-corrected chi connectivity index (χ3v) is 9.00. The number of imide groups is 1. The molecule has 1 saturated heterocycles. The number of rotatable bonds is 4. The minimum absolute atomic E-state index is 0.00137. The van der Waals surface area contributed by atoms with Crippen molar-refractivity contribution >= 4 is 55.8 Å². The average molecular weight is 538 g/mol. The number of halogens is 1. The maximum Gasteiger partial charge on any atom is 0.261 e. The molecule has 2 atom stereocenters. The van der Waals surface area contributed by atoms with Crippen LogP contribution in [-0.4, -0.2) is 20.2 Å². The van der Waals surface area contributed by atoms with Crippen LogP contribution in [0.2, 0.25) is 0 Å². The molecular weight excluding hydrogens is 515 g/mol. The van der Waals surface area contributed by atoms with Crippen LogP contribution in [0, 0.1) is 20.3 Å². The van der Waals surface area contributed by atoms with Gasteiger partial charge in [-0.05, 0) is 83.3 Å². The highest BCUT2D eigenvalue weighted by Crippen LogP contribution is 2.60. The molecule has 2 bridgehead atoms. The summed E-state index contributed by atoms with van der Waals surface area (Å²) in [6, 6.07) is 13.0. The second-order valence-electron chi connectivity index (χ2n) is 8.73. The summed E-state index contributed by atoms with van der Waals surface area (Å²) in [6.45, 7) is 5.86. The molecule has 2 aliphatic rings. The van der Waals surface area contributed by atoms with Crippen molar-refractivity contribution in [2.75, 3.05) is 9.62 Å². The van der Waals surface area contributed by atoms with Crippen molar-refractivity contribution in [1.29, 1.82) is 0 Å². The van der Waals surface area contributed by atoms with E-state index in [4.69, 9.17) is 0 Å². The molecule has 1 heterocycles. The highest BCUT2D eigenvalue weighted by Gasteiger charge is 2.64. The molecule has 158 valence electrons. The zero-order chi connectivity index (χ0) is 21.9. The van der Waals surface area contributed by atoms with Crippen molar-refractivity contribution in [3.8, 4) is 0 Å². The van der Waals surface area contributed by atoms with Gasteiger partial charge in [0, 0.05) is 15.2 Å². The Balaban J connectivity index is 1.69.